The molecule has 0 saturated carbocycles. The van der Waals surface area contributed by atoms with E-state index in [9.17, 15) is 18.0 Å². The summed E-state index contributed by atoms with van der Waals surface area (Å²) in [4.78, 5) is 28.5. The molecule has 1 aliphatic heterocycles. The smallest absolute Gasteiger partial charge is 0.383 e. The lowest BCUT2D eigenvalue weighted by Gasteiger charge is -2.32. The molecule has 0 spiro atoms. The maximum Gasteiger partial charge on any atom is 0.419 e. The van der Waals surface area contributed by atoms with Gasteiger partial charge in [-0.2, -0.15) is 13.2 Å². The van der Waals surface area contributed by atoms with Crippen molar-refractivity contribution in [2.45, 2.75) is 25.1 Å². The van der Waals surface area contributed by atoms with Crippen molar-refractivity contribution in [3.05, 3.63) is 36.2 Å². The molecule has 5 heterocycles. The Bertz CT molecular complexity index is 1440. The van der Waals surface area contributed by atoms with Gasteiger partial charge >= 0.3 is 6.18 Å². The van der Waals surface area contributed by atoms with E-state index in [4.69, 9.17) is 5.73 Å². The zero-order chi connectivity index (χ0) is 25.6. The van der Waals surface area contributed by atoms with Gasteiger partial charge in [0.15, 0.2) is 0 Å². The number of likely N-dealkylation sites (N-methyl/N-ethyl adjacent to an activating group) is 1. The Morgan fingerprint density at radius 3 is 2.58 bits per heavy atom. The first-order valence-electron chi connectivity index (χ1n) is 11.4. The number of piperidine rings is 1. The second-order valence-electron chi connectivity index (χ2n) is 9.04. The average Bonchev–Trinajstić information content (AvgIpc) is 3.28. The topological polar surface area (TPSA) is 119 Å². The van der Waals surface area contributed by atoms with Crippen molar-refractivity contribution in [3.8, 4) is 11.3 Å². The van der Waals surface area contributed by atoms with Gasteiger partial charge in [-0.15, -0.1) is 5.10 Å². The van der Waals surface area contributed by atoms with E-state index >= 15 is 0 Å². The molecular weight excluding hydrogens is 475 g/mol. The summed E-state index contributed by atoms with van der Waals surface area (Å²) in [6.45, 7) is 1.82. The number of hydrogen-bond donors (Lipinski definition) is 1. The predicted molar refractivity (Wildman–Crippen MR) is 127 cm³/mol. The fourth-order valence-corrected chi connectivity index (χ4v) is 4.40. The summed E-state index contributed by atoms with van der Waals surface area (Å²) in [5.74, 6) is -0.531. The number of likely N-dealkylation sites (tertiary alicyclic amines) is 1. The molecule has 0 unspecified atom stereocenters. The third-order valence-electron chi connectivity index (χ3n) is 6.43. The van der Waals surface area contributed by atoms with Gasteiger partial charge in [-0.05, 0) is 31.0 Å². The van der Waals surface area contributed by atoms with Crippen molar-refractivity contribution >= 4 is 33.8 Å². The number of halogens is 3. The van der Waals surface area contributed by atoms with Crippen LogP contribution in [0, 0.1) is 0 Å². The molecule has 0 radical (unpaired) electrons. The largest absolute Gasteiger partial charge is 0.419 e. The minimum Gasteiger partial charge on any atom is -0.383 e. The molecular formula is C23H24F3N9O. The number of aromatic nitrogens is 6. The summed E-state index contributed by atoms with van der Waals surface area (Å²) in [5, 5.41) is 8.61. The van der Waals surface area contributed by atoms with E-state index in [0.29, 0.717) is 34.3 Å². The van der Waals surface area contributed by atoms with Gasteiger partial charge in [0.1, 0.15) is 22.4 Å². The molecule has 4 aromatic heterocycles. The highest BCUT2D eigenvalue weighted by Crippen LogP contribution is 2.35. The van der Waals surface area contributed by atoms with Crippen LogP contribution in [0.3, 0.4) is 0 Å². The second kappa shape index (κ2) is 8.97. The van der Waals surface area contributed by atoms with Gasteiger partial charge in [0.05, 0.1) is 35.6 Å². The Morgan fingerprint density at radius 1 is 1.14 bits per heavy atom. The Balaban J connectivity index is 1.50. The van der Waals surface area contributed by atoms with Gasteiger partial charge in [0, 0.05) is 38.9 Å². The number of carbonyl (C=O) groups is 1. The molecule has 10 nitrogen and oxygen atoms in total. The van der Waals surface area contributed by atoms with Crippen LogP contribution in [-0.4, -0.2) is 79.4 Å². The number of amides is 1. The maximum atomic E-state index is 13.4. The summed E-state index contributed by atoms with van der Waals surface area (Å²) >= 11 is 0. The van der Waals surface area contributed by atoms with Crippen LogP contribution in [-0.2, 0) is 11.0 Å². The molecule has 5 rings (SSSR count). The van der Waals surface area contributed by atoms with Crippen LogP contribution >= 0.6 is 0 Å². The SMILES string of the molecule is CN(C)C(=O)CN1CCC(n2nnc3cnc4ccc(-c5cnc(N)c(C(F)(F)F)c5)nc4c32)CC1. The van der Waals surface area contributed by atoms with Crippen LogP contribution in [0.15, 0.2) is 30.6 Å². The van der Waals surface area contributed by atoms with E-state index < -0.39 is 17.6 Å². The molecule has 0 aliphatic carbocycles. The molecule has 2 N–H and O–H groups in total. The van der Waals surface area contributed by atoms with E-state index in [1.165, 1.54) is 6.20 Å². The first kappa shape index (κ1) is 23.9. The van der Waals surface area contributed by atoms with E-state index in [1.807, 2.05) is 4.68 Å². The third-order valence-corrected chi connectivity index (χ3v) is 6.43. The van der Waals surface area contributed by atoms with Gasteiger partial charge in [-0.1, -0.05) is 5.21 Å². The number of nitrogens with zero attached hydrogens (tertiary/aromatic N) is 8. The molecule has 1 amide bonds. The average molecular weight is 500 g/mol. The fourth-order valence-electron chi connectivity index (χ4n) is 4.40. The first-order chi connectivity index (χ1) is 17.1. The zero-order valence-corrected chi connectivity index (χ0v) is 19.7. The van der Waals surface area contributed by atoms with Crippen LogP contribution in [0.1, 0.15) is 24.4 Å². The van der Waals surface area contributed by atoms with Crippen LogP contribution < -0.4 is 5.73 Å². The summed E-state index contributed by atoms with van der Waals surface area (Å²) < 4.78 is 41.9. The molecule has 188 valence electrons. The van der Waals surface area contributed by atoms with Gasteiger partial charge in [-0.3, -0.25) is 14.7 Å². The zero-order valence-electron chi connectivity index (χ0n) is 19.7. The summed E-state index contributed by atoms with van der Waals surface area (Å²) in [7, 11) is 3.48. The highest BCUT2D eigenvalue weighted by atomic mass is 19.4. The lowest BCUT2D eigenvalue weighted by molar-refractivity contribution is -0.137. The normalized spacial score (nSPS) is 15.6. The third kappa shape index (κ3) is 4.41. The number of fused-ring (bicyclic) bond motifs is 3. The molecule has 4 aromatic rings. The van der Waals surface area contributed by atoms with Crippen molar-refractivity contribution in [2.75, 3.05) is 39.5 Å². The molecule has 1 fully saturated rings. The minimum absolute atomic E-state index is 0.0341. The van der Waals surface area contributed by atoms with Crippen molar-refractivity contribution in [2.24, 2.45) is 0 Å². The number of pyridine rings is 3. The maximum absolute atomic E-state index is 13.4. The summed E-state index contributed by atoms with van der Waals surface area (Å²) in [5.41, 5.74) is 7.22. The van der Waals surface area contributed by atoms with Crippen molar-refractivity contribution in [3.63, 3.8) is 0 Å². The molecule has 1 aliphatic rings. The summed E-state index contributed by atoms with van der Waals surface area (Å²) in [6.07, 6.45) is -0.223. The standard InChI is InChI=1S/C23H24F3N9O/c1-33(2)19(36)12-34-7-5-14(6-8-34)35-21-18(31-32-35)11-28-17-4-3-16(30-20(17)21)13-9-15(23(24,25)26)22(27)29-10-13/h3-4,9-11,14H,5-8,12H2,1-2H3,(H2,27,29). The monoisotopic (exact) mass is 499 g/mol. The molecule has 1 saturated heterocycles. The first-order valence-corrected chi connectivity index (χ1v) is 11.4. The van der Waals surface area contributed by atoms with Gasteiger partial charge in [-0.25, -0.2) is 14.6 Å². The highest BCUT2D eigenvalue weighted by molar-refractivity contribution is 5.99. The lowest BCUT2D eigenvalue weighted by atomic mass is 10.0. The van der Waals surface area contributed by atoms with Crippen LogP contribution in [0.25, 0.3) is 33.3 Å². The van der Waals surface area contributed by atoms with E-state index in [-0.39, 0.29) is 17.5 Å². The van der Waals surface area contributed by atoms with Gasteiger partial charge in [0.2, 0.25) is 5.91 Å². The second-order valence-corrected chi connectivity index (χ2v) is 9.04. The van der Waals surface area contributed by atoms with Crippen molar-refractivity contribution in [1.29, 1.82) is 0 Å². The predicted octanol–water partition coefficient (Wildman–Crippen LogP) is 2.76. The number of nitrogens with two attached hydrogens (primary N) is 1. The minimum atomic E-state index is -4.63. The number of nitrogen functional groups attached to an aromatic ring is 1. The lowest BCUT2D eigenvalue weighted by Crippen LogP contribution is -2.41. The number of carbonyl (C=O) groups excluding carboxylic acids is 1. The van der Waals surface area contributed by atoms with Crippen molar-refractivity contribution < 1.29 is 18.0 Å². The fraction of sp³-hybridized carbons (Fsp3) is 0.391. The van der Waals surface area contributed by atoms with E-state index in [2.05, 4.69) is 30.2 Å². The summed E-state index contributed by atoms with van der Waals surface area (Å²) in [6, 6.07) is 4.28. The molecule has 13 heteroatoms. The molecule has 0 atom stereocenters. The van der Waals surface area contributed by atoms with Crippen LogP contribution in [0.4, 0.5) is 19.0 Å². The number of hydrogen-bond acceptors (Lipinski definition) is 8. The highest BCUT2D eigenvalue weighted by Gasteiger charge is 2.34. The van der Waals surface area contributed by atoms with E-state index in [0.717, 1.165) is 32.0 Å². The van der Waals surface area contributed by atoms with Crippen LogP contribution in [0.5, 0.6) is 0 Å². The Kier molecular flexibility index (Phi) is 5.94. The van der Waals surface area contributed by atoms with Crippen molar-refractivity contribution in [1.82, 2.24) is 39.7 Å². The van der Waals surface area contributed by atoms with Crippen LogP contribution in [0.2, 0.25) is 0 Å². The molecule has 0 aromatic carbocycles. The Labute approximate surface area is 203 Å². The van der Waals surface area contributed by atoms with Gasteiger partial charge in [0.25, 0.3) is 0 Å². The Morgan fingerprint density at radius 2 is 1.89 bits per heavy atom. The van der Waals surface area contributed by atoms with Gasteiger partial charge < -0.3 is 10.6 Å². The molecule has 0 bridgehead atoms. The number of anilines is 1. The quantitative estimate of drug-likeness (QED) is 0.455. The number of alkyl halides is 3. The molecule has 36 heavy (non-hydrogen) atoms. The number of rotatable bonds is 4. The Hall–Kier alpha value is -3.87. The van der Waals surface area contributed by atoms with E-state index in [1.54, 1.807) is 37.3 Å².